The lowest BCUT2D eigenvalue weighted by molar-refractivity contribution is 0.419. The molecular weight excluding hydrogens is 562 g/mol. The highest BCUT2D eigenvalue weighted by Crippen LogP contribution is 2.52. The van der Waals surface area contributed by atoms with Gasteiger partial charge in [0.15, 0.2) is 5.58 Å². The summed E-state index contributed by atoms with van der Waals surface area (Å²) in [7, 11) is 0. The maximum absolute atomic E-state index is 8.95. The van der Waals surface area contributed by atoms with Crippen LogP contribution in [0.15, 0.2) is 132 Å². The Kier molecular flexibility index (Phi) is 4.49. The van der Waals surface area contributed by atoms with Crippen LogP contribution in [0.3, 0.4) is 0 Å². The van der Waals surface area contributed by atoms with Crippen LogP contribution in [-0.2, 0) is 5.41 Å². The minimum absolute atomic E-state index is 0.173. The molecule has 1 atom stereocenters. The quantitative estimate of drug-likeness (QED) is 0.201. The first kappa shape index (κ1) is 21.2. The van der Waals surface area contributed by atoms with E-state index in [1.54, 1.807) is 31.2 Å². The van der Waals surface area contributed by atoms with E-state index in [0.29, 0.717) is 39.3 Å². The van der Waals surface area contributed by atoms with Gasteiger partial charge in [0.05, 0.1) is 5.52 Å². The van der Waals surface area contributed by atoms with Crippen molar-refractivity contribution >= 4 is 33.0 Å². The van der Waals surface area contributed by atoms with Gasteiger partial charge >= 0.3 is 0 Å². The summed E-state index contributed by atoms with van der Waals surface area (Å²) in [5.41, 5.74) is 7.26. The van der Waals surface area contributed by atoms with Crippen molar-refractivity contribution < 1.29 is 17.4 Å². The van der Waals surface area contributed by atoms with E-state index in [4.69, 9.17) is 17.4 Å². The van der Waals surface area contributed by atoms with Crippen molar-refractivity contribution in [2.45, 2.75) is 33.0 Å². The molecule has 0 radical (unpaired) electrons. The van der Waals surface area contributed by atoms with Gasteiger partial charge in [0.25, 0.3) is 0 Å². The number of hydrogen-bond donors (Lipinski definition) is 0. The molecule has 0 saturated heterocycles. The summed E-state index contributed by atoms with van der Waals surface area (Å²) < 4.78 is 68.0. The fourth-order valence-corrected chi connectivity index (χ4v) is 7.25. The molecule has 3 heteroatoms. The zero-order valence-electron chi connectivity index (χ0n) is 31.4. The summed E-state index contributed by atoms with van der Waals surface area (Å²) in [5, 5.41) is 1.97. The van der Waals surface area contributed by atoms with Crippen LogP contribution >= 0.6 is 0 Å². The maximum Gasteiger partial charge on any atom is 0.161 e. The highest BCUT2D eigenvalue weighted by molar-refractivity contribution is 6.16. The van der Waals surface area contributed by atoms with Crippen LogP contribution in [-0.4, -0.2) is 4.57 Å². The fourth-order valence-electron chi connectivity index (χ4n) is 7.25. The second-order valence-electron chi connectivity index (χ2n) is 12.3. The summed E-state index contributed by atoms with van der Waals surface area (Å²) in [4.78, 5) is 0. The first-order valence-corrected chi connectivity index (χ1v) is 15.4. The summed E-state index contributed by atoms with van der Waals surface area (Å²) in [6, 6.07) is 40.4. The Balaban J connectivity index is 1.29. The van der Waals surface area contributed by atoms with Gasteiger partial charge in [0.1, 0.15) is 22.6 Å². The lowest BCUT2D eigenvalue weighted by Crippen LogP contribution is -2.24. The average Bonchev–Trinajstić information content (AvgIpc) is 3.65. The predicted octanol–water partition coefficient (Wildman–Crippen LogP) is 11.9. The van der Waals surface area contributed by atoms with Crippen molar-refractivity contribution in [3.8, 4) is 39.4 Å². The molecule has 1 unspecified atom stereocenters. The topological polar surface area (TPSA) is 27.3 Å². The van der Waals surface area contributed by atoms with Gasteiger partial charge in [-0.15, -0.1) is 0 Å². The van der Waals surface area contributed by atoms with Crippen molar-refractivity contribution in [2.75, 3.05) is 0 Å². The summed E-state index contributed by atoms with van der Waals surface area (Å²) in [6.45, 7) is -1.35. The molecule has 9 rings (SSSR count). The van der Waals surface area contributed by atoms with Crippen LogP contribution in [0.5, 0.6) is 11.5 Å². The molecule has 0 spiro atoms. The van der Waals surface area contributed by atoms with E-state index in [9.17, 15) is 0 Å². The minimum Gasteiger partial charge on any atom is -0.456 e. The van der Waals surface area contributed by atoms with E-state index >= 15 is 0 Å². The predicted molar refractivity (Wildman–Crippen MR) is 190 cm³/mol. The molecule has 0 saturated carbocycles. The van der Waals surface area contributed by atoms with E-state index in [1.807, 2.05) is 91.9 Å². The van der Waals surface area contributed by atoms with Gasteiger partial charge in [-0.25, -0.2) is 0 Å². The lowest BCUT2D eigenvalue weighted by atomic mass is 9.74. The van der Waals surface area contributed by atoms with Crippen molar-refractivity contribution in [1.29, 1.82) is 0 Å². The van der Waals surface area contributed by atoms with Crippen molar-refractivity contribution in [3.63, 3.8) is 0 Å². The molecule has 3 nitrogen and oxygen atoms in total. The molecule has 2 aromatic heterocycles. The van der Waals surface area contributed by atoms with Gasteiger partial charge in [-0.1, -0.05) is 98.7 Å². The van der Waals surface area contributed by atoms with E-state index in [0.717, 1.165) is 49.8 Å². The summed E-state index contributed by atoms with van der Waals surface area (Å²) >= 11 is 0. The smallest absolute Gasteiger partial charge is 0.161 e. The third kappa shape index (κ3) is 3.72. The third-order valence-corrected chi connectivity index (χ3v) is 9.47. The number of aromatic nitrogens is 1. The second kappa shape index (κ2) is 9.73. The Bertz CT molecular complexity index is 2730. The molecule has 0 amide bonds. The van der Waals surface area contributed by atoms with Crippen molar-refractivity contribution in [1.82, 2.24) is 4.57 Å². The number of nitrogens with zero attached hydrogens (tertiary/aromatic N) is 1. The number of rotatable bonds is 3. The van der Waals surface area contributed by atoms with Gasteiger partial charge in [-0.2, -0.15) is 0 Å². The van der Waals surface area contributed by atoms with Gasteiger partial charge in [-0.3, -0.25) is 0 Å². The molecule has 3 heterocycles. The second-order valence-corrected chi connectivity index (χ2v) is 12.3. The SMILES string of the molecule is [2H]C([2H])([2H])c1c(-c2cccc(-n3c4ccccc4c4oc5ccccc5c43)c2)ccc(C)c1-c1cccc2c1Oc1ccccc1C2(C)C([2H])([2H])[2H]. The van der Waals surface area contributed by atoms with Crippen molar-refractivity contribution in [3.05, 3.63) is 150 Å². The highest BCUT2D eigenvalue weighted by Gasteiger charge is 2.35. The number of para-hydroxylation sites is 4. The Labute approximate surface area is 276 Å². The normalized spacial score (nSPS) is 18.1. The number of ether oxygens (including phenoxy) is 1. The van der Waals surface area contributed by atoms with Crippen LogP contribution in [0.2, 0.25) is 0 Å². The molecule has 222 valence electrons. The fraction of sp³-hybridized carbons (Fsp3) is 0.116. The highest BCUT2D eigenvalue weighted by atomic mass is 16.5. The van der Waals surface area contributed by atoms with Gasteiger partial charge in [0.2, 0.25) is 0 Å². The number of hydrogen-bond acceptors (Lipinski definition) is 2. The van der Waals surface area contributed by atoms with E-state index in [2.05, 4.69) is 22.8 Å². The molecule has 46 heavy (non-hydrogen) atoms. The first-order valence-electron chi connectivity index (χ1n) is 18.4. The standard InChI is InChI=1S/C43H33NO2/c1-26-23-24-30(27(2)39(26)33-17-12-19-35-41(33)46-38-22-10-7-18-34(38)43(35,3)4)28-13-11-14-29(25-28)44-36-20-8-5-15-31(36)42-40(44)32-16-6-9-21-37(32)45-42/h5-25H,1-4H3/i2D3,3D3. The van der Waals surface area contributed by atoms with Crippen LogP contribution < -0.4 is 4.74 Å². The Morgan fingerprint density at radius 1 is 0.717 bits per heavy atom. The number of aryl methyl sites for hydroxylation is 1. The minimum atomic E-state index is -2.54. The summed E-state index contributed by atoms with van der Waals surface area (Å²) in [5.74, 6) is 0.794. The van der Waals surface area contributed by atoms with E-state index in [1.165, 1.54) is 0 Å². The zero-order chi connectivity index (χ0) is 36.2. The summed E-state index contributed by atoms with van der Waals surface area (Å²) in [6.07, 6.45) is 0. The zero-order valence-corrected chi connectivity index (χ0v) is 25.4. The van der Waals surface area contributed by atoms with Gasteiger partial charge in [-0.05, 0) is 84.1 Å². The first-order chi connectivity index (χ1) is 24.9. The molecule has 1 aliphatic heterocycles. The molecule has 0 aliphatic carbocycles. The van der Waals surface area contributed by atoms with Gasteiger partial charge < -0.3 is 13.7 Å². The van der Waals surface area contributed by atoms with Crippen LogP contribution in [0, 0.1) is 13.8 Å². The van der Waals surface area contributed by atoms with Crippen LogP contribution in [0.25, 0.3) is 60.9 Å². The molecular formula is C43H33NO2. The Morgan fingerprint density at radius 3 is 2.39 bits per heavy atom. The maximum atomic E-state index is 8.95. The molecule has 0 bridgehead atoms. The van der Waals surface area contributed by atoms with Gasteiger partial charge in [0, 0.05) is 46.8 Å². The monoisotopic (exact) mass is 601 g/mol. The lowest BCUT2D eigenvalue weighted by Gasteiger charge is -2.35. The van der Waals surface area contributed by atoms with E-state index in [-0.39, 0.29) is 5.56 Å². The third-order valence-electron chi connectivity index (χ3n) is 9.47. The Hall–Kier alpha value is -5.54. The Morgan fingerprint density at radius 2 is 1.50 bits per heavy atom. The van der Waals surface area contributed by atoms with Crippen LogP contribution in [0.1, 0.15) is 44.3 Å². The molecule has 6 aromatic carbocycles. The molecule has 0 N–H and O–H groups in total. The molecule has 1 aliphatic rings. The van der Waals surface area contributed by atoms with Crippen molar-refractivity contribution in [2.24, 2.45) is 0 Å². The molecule has 0 fully saturated rings. The van der Waals surface area contributed by atoms with Crippen LogP contribution in [0.4, 0.5) is 0 Å². The largest absolute Gasteiger partial charge is 0.456 e. The number of furan rings is 1. The van der Waals surface area contributed by atoms with E-state index < -0.39 is 19.1 Å². The average molecular weight is 602 g/mol. The number of fused-ring (bicyclic) bond motifs is 7. The molecule has 8 aromatic rings. The number of benzene rings is 6.